The number of aromatic nitrogens is 1. The summed E-state index contributed by atoms with van der Waals surface area (Å²) in [5.74, 6) is -1.82. The average Bonchev–Trinajstić information content (AvgIpc) is 2.75. The Morgan fingerprint density at radius 2 is 1.74 bits per heavy atom. The van der Waals surface area contributed by atoms with E-state index >= 15 is 4.79 Å². The number of hydrogen-bond donors (Lipinski definition) is 7. The van der Waals surface area contributed by atoms with E-state index in [0.717, 1.165) is 58.5 Å². The number of likely N-dealkylation sites (N-methyl/N-ethyl adjacent to an activating group) is 1. The van der Waals surface area contributed by atoms with Crippen LogP contribution in [0.25, 0.3) is 10.9 Å². The second-order valence-corrected chi connectivity index (χ2v) is 23.4. The summed E-state index contributed by atoms with van der Waals surface area (Å²) in [6.45, 7) is 10.4. The summed E-state index contributed by atoms with van der Waals surface area (Å²) in [5.41, 5.74) is -0.601. The number of nitrogens with one attached hydrogen (secondary N) is 3. The number of H-pyrrole nitrogens is 1. The number of methoxy groups -OCH3 is 3. The second kappa shape index (κ2) is 24.0. The summed E-state index contributed by atoms with van der Waals surface area (Å²) < 4.78 is 35.0. The summed E-state index contributed by atoms with van der Waals surface area (Å²) in [6.07, 6.45) is 5.56. The van der Waals surface area contributed by atoms with Crippen molar-refractivity contribution in [1.29, 1.82) is 0 Å². The molecule has 3 aromatic rings. The first kappa shape index (κ1) is 59.5. The van der Waals surface area contributed by atoms with Crippen LogP contribution in [0, 0.1) is 11.3 Å². The summed E-state index contributed by atoms with van der Waals surface area (Å²) in [5, 5.41) is 54.6. The number of amides is 2. The Kier molecular flexibility index (Phi) is 17.8. The number of ether oxygens (including phenoxy) is 6. The fraction of sp³-hybridized carbons (Fsp3) is 0.667. The van der Waals surface area contributed by atoms with Gasteiger partial charge >= 0.3 is 11.9 Å². The van der Waals surface area contributed by atoms with Crippen LogP contribution in [0.5, 0.6) is 5.75 Å². The highest BCUT2D eigenvalue weighted by atomic mass is 16.7. The second-order valence-electron chi connectivity index (χ2n) is 23.4. The maximum absolute atomic E-state index is 15.1. The van der Waals surface area contributed by atoms with Gasteiger partial charge in [0.2, 0.25) is 5.91 Å². The number of hydrogen-bond acceptors (Lipinski definition) is 17. The molecule has 6 unspecified atom stereocenters. The van der Waals surface area contributed by atoms with Crippen molar-refractivity contribution in [2.24, 2.45) is 11.3 Å². The minimum atomic E-state index is -2.35. The fourth-order valence-corrected chi connectivity index (χ4v) is 15.2. The van der Waals surface area contributed by atoms with Crippen LogP contribution in [0.2, 0.25) is 0 Å². The predicted octanol–water partition coefficient (Wildman–Crippen LogP) is 3.71. The number of rotatable bonds is 23. The molecule has 2 aromatic carbocycles. The van der Waals surface area contributed by atoms with E-state index in [9.17, 15) is 34.8 Å². The highest BCUT2D eigenvalue weighted by molar-refractivity contribution is 5.91. The number of carbonyl (C=O) groups excluding carboxylic acids is 4. The molecule has 0 radical (unpaired) electrons. The molecule has 6 heterocycles. The van der Waals surface area contributed by atoms with E-state index in [1.165, 1.54) is 14.0 Å². The number of benzene rings is 2. The van der Waals surface area contributed by atoms with Crippen molar-refractivity contribution < 1.29 is 68.0 Å². The molecular weight excluding hydrogens is 1030 g/mol. The third kappa shape index (κ3) is 10.3. The summed E-state index contributed by atoms with van der Waals surface area (Å²) in [4.78, 5) is 63.9. The summed E-state index contributed by atoms with van der Waals surface area (Å²) >= 11 is 0. The lowest BCUT2D eigenvalue weighted by Gasteiger charge is -2.63. The topological polar surface area (TPSA) is 254 Å². The monoisotopic (exact) mass is 1110 g/mol. The van der Waals surface area contributed by atoms with Gasteiger partial charge in [-0.15, -0.1) is 0 Å². The van der Waals surface area contributed by atoms with Gasteiger partial charge in [0, 0.05) is 112 Å². The molecule has 440 valence electrons. The van der Waals surface area contributed by atoms with Crippen molar-refractivity contribution >= 4 is 40.3 Å². The Morgan fingerprint density at radius 3 is 2.45 bits per heavy atom. The Labute approximate surface area is 469 Å². The number of piperidine rings is 1. The van der Waals surface area contributed by atoms with Crippen molar-refractivity contribution in [3.8, 4) is 5.75 Å². The van der Waals surface area contributed by atoms with Gasteiger partial charge in [-0.2, -0.15) is 0 Å². The maximum atomic E-state index is 15.1. The first-order valence-corrected chi connectivity index (χ1v) is 28.9. The van der Waals surface area contributed by atoms with Gasteiger partial charge in [-0.05, 0) is 100 Å². The van der Waals surface area contributed by atoms with Gasteiger partial charge in [0.25, 0.3) is 5.91 Å². The molecule has 7 N–H and O–H groups in total. The molecule has 1 aliphatic carbocycles. The van der Waals surface area contributed by atoms with E-state index < -0.39 is 82.0 Å². The number of esters is 2. The van der Waals surface area contributed by atoms with Crippen LogP contribution in [-0.2, 0) is 60.3 Å². The smallest absolute Gasteiger partial charge is 0.328 e. The fourth-order valence-electron chi connectivity index (χ4n) is 15.2. The Bertz CT molecular complexity index is 2770. The molecule has 5 aliphatic heterocycles. The largest absolute Gasteiger partial charge is 0.496 e. The molecule has 1 spiro atoms. The van der Waals surface area contributed by atoms with Crippen LogP contribution in [0.15, 0.2) is 48.6 Å². The summed E-state index contributed by atoms with van der Waals surface area (Å²) in [6, 6.07) is 10.4. The number of aliphatic hydroxyl groups is 4. The maximum Gasteiger partial charge on any atom is 0.328 e. The number of para-hydroxylation sites is 1. The molecule has 2 amide bonds. The first-order chi connectivity index (χ1) is 38.4. The SMILES string of the molecule is CCC(CO)OC(COC(=O)CCCC(=O)NC(C)C(=O)OCCCNC(=O)[C@]1(O)C2N(C)c3cc(OC)c([C@@]4(OC)C[C@@H]5C[N@](CCc6c4[nH]c4ccccc64)CC(O)(CC)C5)cc3[C@@]23CCN2CC=C[C@](CC)(C23)[C@H]1O)OC. The molecule has 6 aliphatic rings. The minimum Gasteiger partial charge on any atom is -0.496 e. The van der Waals surface area contributed by atoms with Gasteiger partial charge < -0.3 is 69.4 Å². The molecule has 80 heavy (non-hydrogen) atoms. The van der Waals surface area contributed by atoms with Gasteiger partial charge in [0.15, 0.2) is 11.9 Å². The van der Waals surface area contributed by atoms with Crippen molar-refractivity contribution in [1.82, 2.24) is 25.4 Å². The lowest BCUT2D eigenvalue weighted by Crippen LogP contribution is -2.81. The molecule has 13 atom stereocenters. The van der Waals surface area contributed by atoms with Crippen molar-refractivity contribution in [3.63, 3.8) is 0 Å². The minimum absolute atomic E-state index is 0.00364. The van der Waals surface area contributed by atoms with Crippen molar-refractivity contribution in [3.05, 3.63) is 70.9 Å². The molecule has 2 bridgehead atoms. The summed E-state index contributed by atoms with van der Waals surface area (Å²) in [7, 11) is 6.71. The average molecular weight is 1120 g/mol. The van der Waals surface area contributed by atoms with E-state index in [0.29, 0.717) is 63.9 Å². The van der Waals surface area contributed by atoms with Crippen LogP contribution in [0.1, 0.15) is 114 Å². The lowest BCUT2D eigenvalue weighted by atomic mass is 9.47. The Balaban J connectivity index is 0.939. The van der Waals surface area contributed by atoms with Crippen LogP contribution in [0.3, 0.4) is 0 Å². The number of fused-ring (bicyclic) bond motifs is 6. The molecule has 2 saturated heterocycles. The van der Waals surface area contributed by atoms with E-state index in [1.54, 1.807) is 14.2 Å². The molecule has 20 nitrogen and oxygen atoms in total. The van der Waals surface area contributed by atoms with Crippen LogP contribution >= 0.6 is 0 Å². The number of aliphatic hydroxyl groups excluding tert-OH is 2. The molecule has 9 rings (SSSR count). The number of nitrogens with zero attached hydrogens (tertiary/aromatic N) is 3. The van der Waals surface area contributed by atoms with Gasteiger partial charge in [0.1, 0.15) is 30.1 Å². The molecule has 1 saturated carbocycles. The number of carbonyl (C=O) groups is 4. The van der Waals surface area contributed by atoms with Crippen molar-refractivity contribution in [2.75, 3.05) is 92.4 Å². The van der Waals surface area contributed by atoms with Crippen LogP contribution in [-0.4, -0.2) is 194 Å². The highest BCUT2D eigenvalue weighted by Gasteiger charge is 2.78. The zero-order valence-electron chi connectivity index (χ0n) is 48.0. The van der Waals surface area contributed by atoms with Gasteiger partial charge in [-0.25, -0.2) is 4.79 Å². The van der Waals surface area contributed by atoms with Crippen LogP contribution < -0.4 is 20.3 Å². The first-order valence-electron chi connectivity index (χ1n) is 28.9. The molecule has 1 aromatic heterocycles. The molecule has 3 fully saturated rings. The van der Waals surface area contributed by atoms with E-state index in [4.69, 9.17) is 28.4 Å². The van der Waals surface area contributed by atoms with Gasteiger partial charge in [-0.3, -0.25) is 24.2 Å². The van der Waals surface area contributed by atoms with Gasteiger partial charge in [-0.1, -0.05) is 51.1 Å². The number of anilines is 1. The quantitative estimate of drug-likeness (QED) is 0.0309. The van der Waals surface area contributed by atoms with E-state index in [1.807, 2.05) is 50.1 Å². The van der Waals surface area contributed by atoms with Crippen LogP contribution in [0.4, 0.5) is 5.69 Å². The zero-order valence-corrected chi connectivity index (χ0v) is 48.0. The molecular formula is C60H86N6O14. The standard InChI is InChI=1S/C60H86N6O14/c1-9-39(34-67)80-49(76-7)35-79-48(69)20-14-19-47(68)62-37(4)51(70)78-28-16-24-61-55(72)60(74)53-58(23-27-66-25-15-22-57(11-3,52(58)66)54(60)71)42-29-43(46(75-6)30-45(42)64(53)5)59(77-8)32-38-31-56(73,10-2)36-65(33-38)26-21-41-40-17-12-13-18-44(40)63-50(41)59/h12-13,15,17-18,22,29-30,37-39,49,52-54,63,67,71,73-74H,9-11,14,16,19-21,23-28,31-36H2,1-8H3,(H,61,72)(H,62,68)/t37?,38-,39?,49?,52?,53?,54-,56?,57-,58-,59+,60+/m1/s1. The molecule has 20 heteroatoms. The lowest BCUT2D eigenvalue weighted by molar-refractivity contribution is -0.203. The van der Waals surface area contributed by atoms with E-state index in [2.05, 4.69) is 56.6 Å². The van der Waals surface area contributed by atoms with E-state index in [-0.39, 0.29) is 64.0 Å². The normalized spacial score (nSPS) is 31.6. The van der Waals surface area contributed by atoms with Crippen molar-refractivity contribution in [2.45, 2.75) is 157 Å². The zero-order chi connectivity index (χ0) is 57.4. The van der Waals surface area contributed by atoms with Gasteiger partial charge in [0.05, 0.1) is 43.8 Å². The highest BCUT2D eigenvalue weighted by Crippen LogP contribution is 2.67. The Morgan fingerprint density at radius 1 is 0.950 bits per heavy atom. The predicted molar refractivity (Wildman–Crippen MR) is 298 cm³/mol. The third-order valence-corrected chi connectivity index (χ3v) is 19.0. The Hall–Kier alpha value is -5.16. The third-order valence-electron chi connectivity index (χ3n) is 19.0. The number of aromatic amines is 1.